The summed E-state index contributed by atoms with van der Waals surface area (Å²) in [7, 11) is 0. The number of benzene rings is 2. The van der Waals surface area contributed by atoms with Crippen LogP contribution in [0.25, 0.3) is 33.7 Å². The Morgan fingerprint density at radius 1 is 1.23 bits per heavy atom. The van der Waals surface area contributed by atoms with Crippen molar-refractivity contribution in [3.8, 4) is 22.8 Å². The average Bonchev–Trinajstić information content (AvgIpc) is 3.40. The van der Waals surface area contributed by atoms with E-state index in [0.29, 0.717) is 17.8 Å². The van der Waals surface area contributed by atoms with Crippen molar-refractivity contribution in [1.82, 2.24) is 20.0 Å². The SMILES string of the molecule is CC(=O)NC1CCCc2c(-c3noc(-c4ccc5c(ccn5C(C)C)c4)n3)cccc21. The van der Waals surface area contributed by atoms with Crippen LogP contribution in [0, 0.1) is 0 Å². The highest BCUT2D eigenvalue weighted by molar-refractivity contribution is 5.84. The molecule has 5 rings (SSSR count). The minimum atomic E-state index is -0.00760. The van der Waals surface area contributed by atoms with Gasteiger partial charge in [-0.3, -0.25) is 4.79 Å². The van der Waals surface area contributed by atoms with Crippen molar-refractivity contribution >= 4 is 16.8 Å². The molecule has 4 aromatic rings. The summed E-state index contributed by atoms with van der Waals surface area (Å²) in [6.45, 7) is 5.92. The Hall–Kier alpha value is -3.41. The fraction of sp³-hybridized carbons (Fsp3) is 0.320. The van der Waals surface area contributed by atoms with Crippen LogP contribution >= 0.6 is 0 Å². The van der Waals surface area contributed by atoms with Crippen molar-refractivity contribution < 1.29 is 9.32 Å². The molecule has 1 atom stereocenters. The number of nitrogens with zero attached hydrogens (tertiary/aromatic N) is 3. The summed E-state index contributed by atoms with van der Waals surface area (Å²) in [5, 5.41) is 8.51. The van der Waals surface area contributed by atoms with Gasteiger partial charge in [0, 0.05) is 41.2 Å². The predicted octanol–water partition coefficient (Wildman–Crippen LogP) is 5.45. The van der Waals surface area contributed by atoms with Gasteiger partial charge in [-0.05, 0) is 68.5 Å². The van der Waals surface area contributed by atoms with E-state index in [9.17, 15) is 4.79 Å². The van der Waals surface area contributed by atoms with E-state index in [4.69, 9.17) is 9.51 Å². The van der Waals surface area contributed by atoms with E-state index >= 15 is 0 Å². The Morgan fingerprint density at radius 3 is 2.90 bits per heavy atom. The molecule has 158 valence electrons. The van der Waals surface area contributed by atoms with Gasteiger partial charge in [0.15, 0.2) is 0 Å². The highest BCUT2D eigenvalue weighted by atomic mass is 16.5. The minimum Gasteiger partial charge on any atom is -0.350 e. The van der Waals surface area contributed by atoms with E-state index in [0.717, 1.165) is 41.3 Å². The van der Waals surface area contributed by atoms with Crippen LogP contribution in [-0.2, 0) is 11.2 Å². The molecule has 2 aromatic heterocycles. The van der Waals surface area contributed by atoms with Gasteiger partial charge in [0.25, 0.3) is 5.89 Å². The second-order valence-electron chi connectivity index (χ2n) is 8.53. The van der Waals surface area contributed by atoms with Gasteiger partial charge in [-0.25, -0.2) is 0 Å². The molecule has 1 N–H and O–H groups in total. The van der Waals surface area contributed by atoms with Crippen molar-refractivity contribution in [1.29, 1.82) is 0 Å². The van der Waals surface area contributed by atoms with Crippen molar-refractivity contribution in [3.05, 3.63) is 59.8 Å². The molecule has 31 heavy (non-hydrogen) atoms. The van der Waals surface area contributed by atoms with Crippen molar-refractivity contribution in [3.63, 3.8) is 0 Å². The van der Waals surface area contributed by atoms with E-state index in [2.05, 4.69) is 59.4 Å². The van der Waals surface area contributed by atoms with Crippen LogP contribution in [0.4, 0.5) is 0 Å². The highest BCUT2D eigenvalue weighted by Crippen LogP contribution is 2.36. The fourth-order valence-electron chi connectivity index (χ4n) is 4.65. The molecule has 0 saturated carbocycles. The lowest BCUT2D eigenvalue weighted by Gasteiger charge is -2.27. The third-order valence-corrected chi connectivity index (χ3v) is 6.08. The molecular formula is C25H26N4O2. The van der Waals surface area contributed by atoms with Gasteiger partial charge in [0.1, 0.15) is 0 Å². The molecule has 0 radical (unpaired) electrons. The number of fused-ring (bicyclic) bond motifs is 2. The molecule has 2 heterocycles. The molecule has 0 bridgehead atoms. The van der Waals surface area contributed by atoms with Gasteiger partial charge < -0.3 is 14.4 Å². The number of carbonyl (C=O) groups excluding carboxylic acids is 1. The molecule has 0 saturated heterocycles. The number of rotatable bonds is 4. The maximum Gasteiger partial charge on any atom is 0.258 e. The number of aromatic nitrogens is 3. The number of amides is 1. The topological polar surface area (TPSA) is 73.0 Å². The molecule has 0 fully saturated rings. The maximum absolute atomic E-state index is 11.6. The van der Waals surface area contributed by atoms with Crippen LogP contribution < -0.4 is 5.32 Å². The lowest BCUT2D eigenvalue weighted by Crippen LogP contribution is -2.29. The summed E-state index contributed by atoms with van der Waals surface area (Å²) < 4.78 is 7.90. The van der Waals surface area contributed by atoms with E-state index in [1.54, 1.807) is 6.92 Å². The van der Waals surface area contributed by atoms with E-state index in [1.165, 1.54) is 11.1 Å². The first-order valence-corrected chi connectivity index (χ1v) is 10.8. The second kappa shape index (κ2) is 7.69. The fourth-order valence-corrected chi connectivity index (χ4v) is 4.65. The third-order valence-electron chi connectivity index (χ3n) is 6.08. The molecule has 1 aliphatic carbocycles. The van der Waals surface area contributed by atoms with Crippen LogP contribution in [0.1, 0.15) is 56.8 Å². The van der Waals surface area contributed by atoms with Crippen LogP contribution in [0.5, 0.6) is 0 Å². The zero-order valence-electron chi connectivity index (χ0n) is 18.1. The maximum atomic E-state index is 11.6. The number of hydrogen-bond donors (Lipinski definition) is 1. The summed E-state index contributed by atoms with van der Waals surface area (Å²) in [4.78, 5) is 16.3. The Labute approximate surface area is 181 Å². The molecule has 0 spiro atoms. The van der Waals surface area contributed by atoms with Gasteiger partial charge in [-0.1, -0.05) is 23.4 Å². The van der Waals surface area contributed by atoms with Crippen molar-refractivity contribution in [2.75, 3.05) is 0 Å². The quantitative estimate of drug-likeness (QED) is 0.482. The lowest BCUT2D eigenvalue weighted by molar-refractivity contribution is -0.119. The van der Waals surface area contributed by atoms with E-state index in [-0.39, 0.29) is 11.9 Å². The Balaban J connectivity index is 1.50. The Bertz CT molecular complexity index is 1270. The number of hydrogen-bond acceptors (Lipinski definition) is 4. The lowest BCUT2D eigenvalue weighted by atomic mass is 9.84. The Morgan fingerprint density at radius 2 is 2.10 bits per heavy atom. The van der Waals surface area contributed by atoms with Gasteiger partial charge in [-0.2, -0.15) is 4.98 Å². The zero-order valence-corrected chi connectivity index (χ0v) is 18.1. The summed E-state index contributed by atoms with van der Waals surface area (Å²) in [6, 6.07) is 14.9. The first-order chi connectivity index (χ1) is 15.0. The average molecular weight is 415 g/mol. The van der Waals surface area contributed by atoms with E-state index in [1.807, 2.05) is 18.2 Å². The summed E-state index contributed by atoms with van der Waals surface area (Å²) in [5.74, 6) is 1.10. The smallest absolute Gasteiger partial charge is 0.258 e. The Kier molecular flexibility index (Phi) is 4.85. The van der Waals surface area contributed by atoms with Crippen LogP contribution in [0.3, 0.4) is 0 Å². The molecule has 1 amide bonds. The minimum absolute atomic E-state index is 0.00760. The summed E-state index contributed by atoms with van der Waals surface area (Å²) >= 11 is 0. The first kappa shape index (κ1) is 19.5. The first-order valence-electron chi connectivity index (χ1n) is 10.8. The largest absolute Gasteiger partial charge is 0.350 e. The van der Waals surface area contributed by atoms with Gasteiger partial charge >= 0.3 is 0 Å². The second-order valence-corrected chi connectivity index (χ2v) is 8.53. The molecule has 0 aliphatic heterocycles. The normalized spacial score (nSPS) is 15.9. The highest BCUT2D eigenvalue weighted by Gasteiger charge is 2.25. The van der Waals surface area contributed by atoms with Crippen LogP contribution in [0.15, 0.2) is 53.2 Å². The number of nitrogens with one attached hydrogen (secondary N) is 1. The van der Waals surface area contributed by atoms with E-state index < -0.39 is 0 Å². The number of carbonyl (C=O) groups is 1. The molecule has 2 aromatic carbocycles. The molecular weight excluding hydrogens is 388 g/mol. The van der Waals surface area contributed by atoms with Gasteiger partial charge in [-0.15, -0.1) is 0 Å². The predicted molar refractivity (Wildman–Crippen MR) is 121 cm³/mol. The van der Waals surface area contributed by atoms with Gasteiger partial charge in [0.05, 0.1) is 6.04 Å². The standard InChI is InChI=1S/C25H26N4O2/c1-15(2)29-13-12-17-14-18(10-11-23(17)29)25-27-24(28-31-25)21-8-4-7-20-19(21)6-5-9-22(20)26-16(3)30/h4,7-8,10-15,22H,5-6,9H2,1-3H3,(H,26,30). The molecule has 1 unspecified atom stereocenters. The third kappa shape index (κ3) is 3.52. The van der Waals surface area contributed by atoms with Crippen LogP contribution in [-0.4, -0.2) is 20.6 Å². The van der Waals surface area contributed by atoms with Crippen molar-refractivity contribution in [2.45, 2.75) is 52.1 Å². The summed E-state index contributed by atoms with van der Waals surface area (Å²) in [6.07, 6.45) is 5.02. The van der Waals surface area contributed by atoms with Crippen molar-refractivity contribution in [2.24, 2.45) is 0 Å². The van der Waals surface area contributed by atoms with Crippen LogP contribution in [0.2, 0.25) is 0 Å². The monoisotopic (exact) mass is 414 g/mol. The summed E-state index contributed by atoms with van der Waals surface area (Å²) in [5.41, 5.74) is 5.44. The molecule has 1 aliphatic rings. The zero-order chi connectivity index (χ0) is 21.5. The molecule has 6 heteroatoms. The molecule has 6 nitrogen and oxygen atoms in total. The van der Waals surface area contributed by atoms with Gasteiger partial charge in [0.2, 0.25) is 11.7 Å².